The van der Waals surface area contributed by atoms with E-state index in [-0.39, 0.29) is 5.91 Å². The minimum atomic E-state index is -0.109. The Morgan fingerprint density at radius 1 is 1.17 bits per heavy atom. The van der Waals surface area contributed by atoms with Crippen LogP contribution in [0.1, 0.15) is 10.4 Å². The van der Waals surface area contributed by atoms with Crippen molar-refractivity contribution in [1.82, 2.24) is 10.3 Å². The van der Waals surface area contributed by atoms with Crippen LogP contribution in [0.2, 0.25) is 0 Å². The number of H-pyrrole nitrogens is 1. The Balaban J connectivity index is 1.54. The van der Waals surface area contributed by atoms with Gasteiger partial charge in [0.25, 0.3) is 5.91 Å². The van der Waals surface area contributed by atoms with Crippen LogP contribution in [-0.4, -0.2) is 30.3 Å². The maximum Gasteiger partial charge on any atom is 0.255 e. The monoisotopic (exact) mass is 326 g/mol. The number of amides is 1. The second-order valence-electron chi connectivity index (χ2n) is 5.00. The number of ether oxygens (including phenoxy) is 1. The molecule has 0 atom stereocenters. The molecule has 118 valence electrons. The lowest BCUT2D eigenvalue weighted by molar-refractivity contribution is 0.0953. The molecule has 23 heavy (non-hydrogen) atoms. The van der Waals surface area contributed by atoms with Gasteiger partial charge in [0, 0.05) is 34.3 Å². The summed E-state index contributed by atoms with van der Waals surface area (Å²) in [5.74, 6) is 1.29. The van der Waals surface area contributed by atoms with Crippen LogP contribution in [0.15, 0.2) is 59.6 Å². The third kappa shape index (κ3) is 3.51. The predicted octanol–water partition coefficient (Wildman–Crippen LogP) is 3.70. The second-order valence-corrected chi connectivity index (χ2v) is 6.14. The number of aromatic nitrogens is 1. The number of hydrogen-bond acceptors (Lipinski definition) is 3. The van der Waals surface area contributed by atoms with E-state index >= 15 is 0 Å². The summed E-state index contributed by atoms with van der Waals surface area (Å²) in [4.78, 5) is 16.6. The zero-order valence-electron chi connectivity index (χ0n) is 12.8. The third-order valence-corrected chi connectivity index (χ3v) is 4.61. The molecule has 0 spiro atoms. The highest BCUT2D eigenvalue weighted by Gasteiger charge is 2.10. The largest absolute Gasteiger partial charge is 0.496 e. The van der Waals surface area contributed by atoms with Crippen LogP contribution in [-0.2, 0) is 0 Å². The molecule has 0 fully saturated rings. The SMILES string of the molecule is COc1ccccc1C(=O)NCCSc1c[nH]c2ccccc12. The number of carbonyl (C=O) groups is 1. The molecule has 0 saturated heterocycles. The molecule has 1 heterocycles. The molecule has 2 N–H and O–H groups in total. The predicted molar refractivity (Wildman–Crippen MR) is 94.3 cm³/mol. The van der Waals surface area contributed by atoms with Crippen molar-refractivity contribution in [3.05, 3.63) is 60.3 Å². The van der Waals surface area contributed by atoms with Crippen LogP contribution >= 0.6 is 11.8 Å². The Morgan fingerprint density at radius 2 is 1.96 bits per heavy atom. The van der Waals surface area contributed by atoms with E-state index in [4.69, 9.17) is 4.74 Å². The fourth-order valence-electron chi connectivity index (χ4n) is 2.42. The molecule has 0 bridgehead atoms. The van der Waals surface area contributed by atoms with Gasteiger partial charge in [0.05, 0.1) is 12.7 Å². The Bertz CT molecular complexity index is 813. The molecule has 4 nitrogen and oxygen atoms in total. The van der Waals surface area contributed by atoms with Crippen LogP contribution < -0.4 is 10.1 Å². The lowest BCUT2D eigenvalue weighted by Gasteiger charge is -2.08. The minimum absolute atomic E-state index is 0.109. The molecule has 2 aromatic carbocycles. The molecule has 0 aliphatic rings. The highest BCUT2D eigenvalue weighted by Crippen LogP contribution is 2.27. The van der Waals surface area contributed by atoms with Crippen molar-refractivity contribution >= 4 is 28.6 Å². The molecular formula is C18H18N2O2S. The first-order chi connectivity index (χ1) is 11.3. The van der Waals surface area contributed by atoms with Crippen LogP contribution in [0.4, 0.5) is 0 Å². The zero-order chi connectivity index (χ0) is 16.1. The summed E-state index contributed by atoms with van der Waals surface area (Å²) in [6, 6.07) is 15.4. The van der Waals surface area contributed by atoms with Crippen molar-refractivity contribution in [3.63, 3.8) is 0 Å². The van der Waals surface area contributed by atoms with E-state index in [1.807, 2.05) is 30.5 Å². The highest BCUT2D eigenvalue weighted by atomic mass is 32.2. The molecule has 0 radical (unpaired) electrons. The maximum atomic E-state index is 12.2. The van der Waals surface area contributed by atoms with Gasteiger partial charge in [-0.1, -0.05) is 30.3 Å². The summed E-state index contributed by atoms with van der Waals surface area (Å²) in [6.45, 7) is 0.598. The molecule has 1 amide bonds. The van der Waals surface area contributed by atoms with Crippen molar-refractivity contribution < 1.29 is 9.53 Å². The molecule has 0 aliphatic carbocycles. The quantitative estimate of drug-likeness (QED) is 0.536. The van der Waals surface area contributed by atoms with E-state index in [0.717, 1.165) is 11.3 Å². The molecule has 3 rings (SSSR count). The van der Waals surface area contributed by atoms with Gasteiger partial charge in [0.1, 0.15) is 5.75 Å². The van der Waals surface area contributed by atoms with E-state index in [2.05, 4.69) is 22.4 Å². The first-order valence-corrected chi connectivity index (χ1v) is 8.38. The molecule has 0 unspecified atom stereocenters. The van der Waals surface area contributed by atoms with Gasteiger partial charge in [-0.15, -0.1) is 11.8 Å². The number of nitrogens with one attached hydrogen (secondary N) is 2. The van der Waals surface area contributed by atoms with Crippen LogP contribution in [0.25, 0.3) is 10.9 Å². The van der Waals surface area contributed by atoms with Gasteiger partial charge in [-0.25, -0.2) is 0 Å². The normalized spacial score (nSPS) is 10.7. The fraction of sp³-hybridized carbons (Fsp3) is 0.167. The number of aromatic amines is 1. The van der Waals surface area contributed by atoms with Crippen molar-refractivity contribution in [3.8, 4) is 5.75 Å². The lowest BCUT2D eigenvalue weighted by atomic mass is 10.2. The van der Waals surface area contributed by atoms with Gasteiger partial charge >= 0.3 is 0 Å². The van der Waals surface area contributed by atoms with Crippen LogP contribution in [0.5, 0.6) is 5.75 Å². The number of methoxy groups -OCH3 is 1. The number of rotatable bonds is 6. The molecule has 3 aromatic rings. The molecule has 1 aromatic heterocycles. The summed E-state index contributed by atoms with van der Waals surface area (Å²) < 4.78 is 5.21. The highest BCUT2D eigenvalue weighted by molar-refractivity contribution is 7.99. The van der Waals surface area contributed by atoms with E-state index in [0.29, 0.717) is 17.9 Å². The van der Waals surface area contributed by atoms with Gasteiger partial charge in [-0.3, -0.25) is 4.79 Å². The van der Waals surface area contributed by atoms with Crippen molar-refractivity contribution in [2.75, 3.05) is 19.4 Å². The van der Waals surface area contributed by atoms with Gasteiger partial charge in [-0.2, -0.15) is 0 Å². The maximum absolute atomic E-state index is 12.2. The summed E-state index contributed by atoms with van der Waals surface area (Å²) in [7, 11) is 1.57. The van der Waals surface area contributed by atoms with Gasteiger partial charge < -0.3 is 15.0 Å². The Morgan fingerprint density at radius 3 is 2.83 bits per heavy atom. The number of thioether (sulfide) groups is 1. The summed E-state index contributed by atoms with van der Waals surface area (Å²) >= 11 is 1.73. The number of fused-ring (bicyclic) bond motifs is 1. The van der Waals surface area contributed by atoms with Crippen LogP contribution in [0, 0.1) is 0 Å². The summed E-state index contributed by atoms with van der Waals surface area (Å²) in [5, 5.41) is 4.15. The summed E-state index contributed by atoms with van der Waals surface area (Å²) in [5.41, 5.74) is 1.69. The van der Waals surface area contributed by atoms with Crippen molar-refractivity contribution in [1.29, 1.82) is 0 Å². The third-order valence-electron chi connectivity index (χ3n) is 3.55. The van der Waals surface area contributed by atoms with Gasteiger partial charge in [-0.05, 0) is 18.2 Å². The molecule has 0 aliphatic heterocycles. The first kappa shape index (κ1) is 15.5. The fourth-order valence-corrected chi connectivity index (χ4v) is 3.32. The van der Waals surface area contributed by atoms with E-state index in [9.17, 15) is 4.79 Å². The average molecular weight is 326 g/mol. The number of carbonyl (C=O) groups excluding carboxylic acids is 1. The topological polar surface area (TPSA) is 54.1 Å². The number of benzene rings is 2. The number of para-hydroxylation sites is 2. The van der Waals surface area contributed by atoms with Gasteiger partial charge in [0.2, 0.25) is 0 Å². The lowest BCUT2D eigenvalue weighted by Crippen LogP contribution is -2.26. The molecule has 0 saturated carbocycles. The Hall–Kier alpha value is -2.40. The van der Waals surface area contributed by atoms with Crippen LogP contribution in [0.3, 0.4) is 0 Å². The first-order valence-electron chi connectivity index (χ1n) is 7.39. The number of hydrogen-bond donors (Lipinski definition) is 2. The van der Waals surface area contributed by atoms with Crippen molar-refractivity contribution in [2.24, 2.45) is 0 Å². The molecule has 5 heteroatoms. The van der Waals surface area contributed by atoms with Crippen molar-refractivity contribution in [2.45, 2.75) is 4.90 Å². The van der Waals surface area contributed by atoms with E-state index < -0.39 is 0 Å². The van der Waals surface area contributed by atoms with E-state index in [1.54, 1.807) is 31.0 Å². The van der Waals surface area contributed by atoms with E-state index in [1.165, 1.54) is 10.3 Å². The zero-order valence-corrected chi connectivity index (χ0v) is 13.7. The van der Waals surface area contributed by atoms with Gasteiger partial charge in [0.15, 0.2) is 0 Å². The average Bonchev–Trinajstić information content (AvgIpc) is 3.01. The Labute approximate surface area is 139 Å². The summed E-state index contributed by atoms with van der Waals surface area (Å²) in [6.07, 6.45) is 2.01. The minimum Gasteiger partial charge on any atom is -0.496 e. The molecular weight excluding hydrogens is 308 g/mol. The smallest absolute Gasteiger partial charge is 0.255 e. The second kappa shape index (κ2) is 7.24. The Kier molecular flexibility index (Phi) is 4.88. The standard InChI is InChI=1S/C18H18N2O2S/c1-22-16-9-5-3-7-14(16)18(21)19-10-11-23-17-12-20-15-8-4-2-6-13(15)17/h2-9,12,20H,10-11H2,1H3,(H,19,21).